The van der Waals surface area contributed by atoms with Crippen molar-refractivity contribution in [1.82, 2.24) is 4.98 Å². The van der Waals surface area contributed by atoms with E-state index in [1.54, 1.807) is 6.92 Å². The Morgan fingerprint density at radius 3 is 2.83 bits per heavy atom. The molecular formula is C16H18N3O4+. The molecule has 1 aliphatic rings. The zero-order chi connectivity index (χ0) is 17.2. The lowest BCUT2D eigenvalue weighted by Crippen LogP contribution is -2.43. The van der Waals surface area contributed by atoms with Crippen molar-refractivity contribution < 1.29 is 19.4 Å². The van der Waals surface area contributed by atoms with Crippen molar-refractivity contribution in [2.24, 2.45) is 5.92 Å². The van der Waals surface area contributed by atoms with Crippen LogP contribution in [0.5, 0.6) is 5.88 Å². The molecule has 120 valence electrons. The molecule has 2 heterocycles. The maximum absolute atomic E-state index is 12.6. The lowest BCUT2D eigenvalue weighted by Gasteiger charge is -2.16. The van der Waals surface area contributed by atoms with Crippen molar-refractivity contribution in [2.45, 2.75) is 26.3 Å². The van der Waals surface area contributed by atoms with E-state index in [-0.39, 0.29) is 35.7 Å². The van der Waals surface area contributed by atoms with Gasteiger partial charge in [0.1, 0.15) is 12.2 Å². The molecule has 0 fully saturated rings. The first-order valence-electron chi connectivity index (χ1n) is 7.11. The summed E-state index contributed by atoms with van der Waals surface area (Å²) in [4.78, 5) is 33.4. The maximum Gasteiger partial charge on any atom is 0.390 e. The summed E-state index contributed by atoms with van der Waals surface area (Å²) >= 11 is 0. The lowest BCUT2D eigenvalue weighted by atomic mass is 9.89. The van der Waals surface area contributed by atoms with E-state index >= 15 is 0 Å². The number of amides is 1. The molecule has 1 aromatic rings. The molecule has 0 aliphatic carbocycles. The number of carboxylic acids is 1. The van der Waals surface area contributed by atoms with E-state index in [2.05, 4.69) is 22.6 Å². The highest BCUT2D eigenvalue weighted by molar-refractivity contribution is 6.09. The number of pyridine rings is 1. The van der Waals surface area contributed by atoms with Gasteiger partial charge in [-0.15, -0.1) is 0 Å². The Morgan fingerprint density at radius 2 is 2.30 bits per heavy atom. The number of ether oxygens (including phenoxy) is 1. The monoisotopic (exact) mass is 316 g/mol. The predicted molar refractivity (Wildman–Crippen MR) is 84.9 cm³/mol. The van der Waals surface area contributed by atoms with E-state index in [4.69, 9.17) is 4.74 Å². The second-order valence-corrected chi connectivity index (χ2v) is 5.58. The third-order valence-electron chi connectivity index (χ3n) is 3.78. The molecule has 2 rings (SSSR count). The number of carbonyl (C=O) groups is 2. The number of rotatable bonds is 6. The molecule has 7 heteroatoms. The van der Waals surface area contributed by atoms with Crippen LogP contribution in [0.3, 0.4) is 0 Å². The number of hydrogen-bond acceptors (Lipinski definition) is 4. The molecule has 0 bridgehead atoms. The Hall–Kier alpha value is -2.88. The minimum Gasteiger partial charge on any atom is -0.477 e. The normalized spacial score (nSPS) is 19.5. The van der Waals surface area contributed by atoms with Crippen molar-refractivity contribution in [3.8, 4) is 12.1 Å². The average Bonchev–Trinajstić information content (AvgIpc) is 2.82. The van der Waals surface area contributed by atoms with Gasteiger partial charge in [-0.3, -0.25) is 0 Å². The van der Waals surface area contributed by atoms with Crippen LogP contribution in [-0.2, 0) is 4.79 Å². The fourth-order valence-corrected chi connectivity index (χ4v) is 1.99. The molecule has 1 amide bonds. The summed E-state index contributed by atoms with van der Waals surface area (Å²) in [5, 5.41) is 9.33. The van der Waals surface area contributed by atoms with Crippen LogP contribution in [0, 0.1) is 12.1 Å². The van der Waals surface area contributed by atoms with E-state index in [1.165, 1.54) is 18.2 Å². The van der Waals surface area contributed by atoms with Crippen LogP contribution in [0.4, 0.5) is 5.82 Å². The van der Waals surface area contributed by atoms with Crippen molar-refractivity contribution in [1.29, 1.82) is 0 Å². The predicted octanol–water partition coefficient (Wildman–Crippen LogP) is 2.40. The highest BCUT2D eigenvalue weighted by atomic mass is 16.5. The Kier molecular flexibility index (Phi) is 4.36. The highest BCUT2D eigenvalue weighted by Crippen LogP contribution is 2.32. The molecule has 0 spiro atoms. The van der Waals surface area contributed by atoms with Gasteiger partial charge in [0, 0.05) is 18.9 Å². The summed E-state index contributed by atoms with van der Waals surface area (Å²) in [6.45, 7) is 9.16. The van der Waals surface area contributed by atoms with E-state index < -0.39 is 11.5 Å². The Bertz CT molecular complexity index is 733. The maximum atomic E-state index is 12.6. The first-order valence-corrected chi connectivity index (χ1v) is 7.11. The summed E-state index contributed by atoms with van der Waals surface area (Å²) in [5.74, 6) is -1.50. The number of nitrogens with zero attached hydrogens (tertiary/aromatic N) is 3. The Morgan fingerprint density at radius 1 is 1.61 bits per heavy atom. The second-order valence-electron chi connectivity index (χ2n) is 5.58. The van der Waals surface area contributed by atoms with Crippen LogP contribution in [0.15, 0.2) is 24.8 Å². The summed E-state index contributed by atoms with van der Waals surface area (Å²) in [6.07, 6.45) is 4.12. The summed E-state index contributed by atoms with van der Waals surface area (Å²) in [7, 11) is 0. The fraction of sp³-hybridized carbons (Fsp3) is 0.375. The number of anilines is 1. The molecule has 0 radical (unpaired) electrons. The van der Waals surface area contributed by atoms with Gasteiger partial charge in [-0.25, -0.2) is 9.59 Å². The molecule has 1 aromatic heterocycles. The van der Waals surface area contributed by atoms with Gasteiger partial charge < -0.3 is 9.84 Å². The lowest BCUT2D eigenvalue weighted by molar-refractivity contribution is -0.121. The van der Waals surface area contributed by atoms with Gasteiger partial charge in [0.15, 0.2) is 0 Å². The quantitative estimate of drug-likeness (QED) is 0.643. The van der Waals surface area contributed by atoms with Crippen molar-refractivity contribution in [2.75, 3.05) is 11.5 Å². The third-order valence-corrected chi connectivity index (χ3v) is 3.78. The summed E-state index contributed by atoms with van der Waals surface area (Å²) in [6, 6.07) is 2.76. The minimum absolute atomic E-state index is 0.0582. The van der Waals surface area contributed by atoms with Crippen LogP contribution in [-0.4, -0.2) is 34.1 Å². The SMILES string of the molecule is C=CCOc1ccc(C(=O)O)c(N2C#[N+]C(C)(C(C)C)C2=O)n1. The van der Waals surface area contributed by atoms with E-state index in [9.17, 15) is 14.7 Å². The third kappa shape index (κ3) is 2.88. The highest BCUT2D eigenvalue weighted by Gasteiger charge is 2.55. The minimum atomic E-state index is -1.20. The van der Waals surface area contributed by atoms with Crippen LogP contribution < -0.4 is 9.64 Å². The first-order chi connectivity index (χ1) is 10.8. The van der Waals surface area contributed by atoms with Crippen LogP contribution >= 0.6 is 0 Å². The van der Waals surface area contributed by atoms with Gasteiger partial charge in [0.2, 0.25) is 5.88 Å². The van der Waals surface area contributed by atoms with Crippen LogP contribution in [0.1, 0.15) is 31.1 Å². The summed E-state index contributed by atoms with van der Waals surface area (Å²) < 4.78 is 5.31. The van der Waals surface area contributed by atoms with Gasteiger partial charge in [-0.05, 0) is 6.07 Å². The van der Waals surface area contributed by atoms with Crippen LogP contribution in [0.25, 0.3) is 4.85 Å². The number of carboxylic acid groups (broad SMARTS) is 1. The van der Waals surface area contributed by atoms with E-state index in [0.29, 0.717) is 0 Å². The van der Waals surface area contributed by atoms with Crippen molar-refractivity contribution in [3.63, 3.8) is 0 Å². The van der Waals surface area contributed by atoms with Gasteiger partial charge >= 0.3 is 23.6 Å². The second kappa shape index (κ2) is 6.08. The van der Waals surface area contributed by atoms with Gasteiger partial charge in [-0.1, -0.05) is 31.4 Å². The molecule has 0 saturated carbocycles. The standard InChI is InChI=1S/C16H17N3O4/c1-5-8-23-12-7-6-11(14(20)21)13(18-12)19-9-17-16(4,10(2)3)15(19)22/h5-7,10H,1,8H2,2-4H3/p+1. The first kappa shape index (κ1) is 16.5. The zero-order valence-electron chi connectivity index (χ0n) is 13.2. The van der Waals surface area contributed by atoms with E-state index in [1.807, 2.05) is 13.8 Å². The molecule has 1 atom stereocenters. The van der Waals surface area contributed by atoms with Crippen molar-refractivity contribution in [3.05, 3.63) is 35.2 Å². The molecule has 7 nitrogen and oxygen atoms in total. The number of aromatic nitrogens is 1. The van der Waals surface area contributed by atoms with Gasteiger partial charge in [-0.2, -0.15) is 9.83 Å². The van der Waals surface area contributed by atoms with Crippen molar-refractivity contribution >= 4 is 17.7 Å². The molecule has 1 N–H and O–H groups in total. The molecule has 1 aliphatic heterocycles. The largest absolute Gasteiger partial charge is 0.477 e. The average molecular weight is 316 g/mol. The zero-order valence-corrected chi connectivity index (χ0v) is 13.2. The molecule has 1 unspecified atom stereocenters. The molecular weight excluding hydrogens is 298 g/mol. The number of hydrogen-bond donors (Lipinski definition) is 1. The number of aromatic carboxylic acids is 1. The van der Waals surface area contributed by atoms with Gasteiger partial charge in [0.25, 0.3) is 5.82 Å². The number of carbonyl (C=O) groups excluding carboxylic acids is 1. The summed E-state index contributed by atoms with van der Waals surface area (Å²) in [5.41, 5.74) is -1.12. The van der Waals surface area contributed by atoms with Crippen LogP contribution in [0.2, 0.25) is 0 Å². The Labute approximate surface area is 134 Å². The molecule has 23 heavy (non-hydrogen) atoms. The molecule has 0 saturated heterocycles. The fourth-order valence-electron chi connectivity index (χ4n) is 1.99. The Balaban J connectivity index is 2.46. The topological polar surface area (TPSA) is 84.1 Å². The molecule has 0 aromatic carbocycles. The van der Waals surface area contributed by atoms with E-state index in [0.717, 1.165) is 4.90 Å². The smallest absolute Gasteiger partial charge is 0.390 e. The van der Waals surface area contributed by atoms with Gasteiger partial charge in [0.05, 0.1) is 0 Å².